The summed E-state index contributed by atoms with van der Waals surface area (Å²) in [5, 5.41) is 2.51. The van der Waals surface area contributed by atoms with Crippen molar-refractivity contribution in [2.45, 2.75) is 64.3 Å². The average molecular weight is 425 g/mol. The molecule has 1 saturated carbocycles. The molecule has 1 aliphatic heterocycles. The number of nitrogens with zero attached hydrogens (tertiary/aromatic N) is 1. The minimum atomic E-state index is -0.426. The number of ether oxygens (including phenoxy) is 2. The summed E-state index contributed by atoms with van der Waals surface area (Å²) in [6, 6.07) is 2.33. The number of anilines is 1. The zero-order valence-corrected chi connectivity index (χ0v) is 18.6. The van der Waals surface area contributed by atoms with Crippen LogP contribution in [0.1, 0.15) is 67.4 Å². The second-order valence-corrected chi connectivity index (χ2v) is 9.34. The van der Waals surface area contributed by atoms with Gasteiger partial charge in [-0.25, -0.2) is 4.79 Å². The Labute approximate surface area is 176 Å². The molecule has 7 nitrogen and oxygen atoms in total. The fourth-order valence-corrected chi connectivity index (χ4v) is 4.58. The molecule has 0 bridgehead atoms. The van der Waals surface area contributed by atoms with E-state index in [0.29, 0.717) is 29.6 Å². The van der Waals surface area contributed by atoms with Crippen molar-refractivity contribution in [3.05, 3.63) is 15.8 Å². The van der Waals surface area contributed by atoms with Crippen molar-refractivity contribution >= 4 is 35.3 Å². The lowest BCUT2D eigenvalue weighted by atomic mass is 9.94. The third kappa shape index (κ3) is 6.54. The first-order chi connectivity index (χ1) is 13.8. The summed E-state index contributed by atoms with van der Waals surface area (Å²) in [7, 11) is 1.32. The Morgan fingerprint density at radius 1 is 1.31 bits per heavy atom. The van der Waals surface area contributed by atoms with Gasteiger partial charge in [0.1, 0.15) is 11.5 Å². The molecule has 2 heterocycles. The van der Waals surface area contributed by atoms with E-state index in [1.165, 1.54) is 50.6 Å². The third-order valence-corrected chi connectivity index (χ3v) is 6.64. The molecule has 0 radical (unpaired) electrons. The number of morpholine rings is 1. The Morgan fingerprint density at radius 2 is 2.00 bits per heavy atom. The van der Waals surface area contributed by atoms with Crippen LogP contribution in [0.3, 0.4) is 0 Å². The lowest BCUT2D eigenvalue weighted by Crippen LogP contribution is -2.48. The molecular formula is C21H32N2O5S. The number of hydrogen-bond acceptors (Lipinski definition) is 6. The van der Waals surface area contributed by atoms with E-state index in [4.69, 9.17) is 4.74 Å². The van der Waals surface area contributed by atoms with Crippen LogP contribution >= 0.6 is 11.3 Å². The van der Waals surface area contributed by atoms with Crippen LogP contribution in [0.25, 0.3) is 0 Å². The van der Waals surface area contributed by atoms with Crippen molar-refractivity contribution < 1.29 is 23.9 Å². The van der Waals surface area contributed by atoms with E-state index in [9.17, 15) is 14.4 Å². The monoisotopic (exact) mass is 424 g/mol. The van der Waals surface area contributed by atoms with Crippen molar-refractivity contribution in [3.8, 4) is 0 Å². The Morgan fingerprint density at radius 3 is 2.55 bits per heavy atom. The first-order valence-corrected chi connectivity index (χ1v) is 10.9. The highest BCUT2D eigenvalue weighted by atomic mass is 32.1. The molecule has 2 fully saturated rings. The van der Waals surface area contributed by atoms with E-state index >= 15 is 0 Å². The summed E-state index contributed by atoms with van der Waals surface area (Å²) < 4.78 is 9.78. The molecule has 1 saturated heterocycles. The number of rotatable bonds is 4. The maximum atomic E-state index is 11.5. The van der Waals surface area contributed by atoms with Crippen LogP contribution < -0.4 is 5.32 Å². The van der Waals surface area contributed by atoms with Gasteiger partial charge in [0.15, 0.2) is 0 Å². The topological polar surface area (TPSA) is 84.9 Å². The Balaban J connectivity index is 0.000000211. The summed E-state index contributed by atoms with van der Waals surface area (Å²) in [4.78, 5) is 36.9. The molecule has 0 atom stereocenters. The molecule has 3 rings (SSSR count). The zero-order valence-electron chi connectivity index (χ0n) is 17.8. The SMILES string of the molecule is COC(=O)c1sc(C(C)(C)C)cc1NC=O.O=C1COCCN1C1CCCCC1. The maximum absolute atomic E-state index is 11.5. The van der Waals surface area contributed by atoms with Crippen molar-refractivity contribution in [1.29, 1.82) is 0 Å². The highest BCUT2D eigenvalue weighted by Crippen LogP contribution is 2.35. The van der Waals surface area contributed by atoms with Gasteiger partial charge in [0.05, 0.1) is 19.4 Å². The Kier molecular flexibility index (Phi) is 8.64. The normalized spacial score (nSPS) is 17.9. The number of amides is 2. The van der Waals surface area contributed by atoms with Crippen molar-refractivity contribution in [3.63, 3.8) is 0 Å². The first-order valence-electron chi connectivity index (χ1n) is 10.1. The molecule has 0 aromatic carbocycles. The number of nitrogens with one attached hydrogen (secondary N) is 1. The summed E-state index contributed by atoms with van der Waals surface area (Å²) in [5.41, 5.74) is 0.452. The largest absolute Gasteiger partial charge is 0.465 e. The Bertz CT molecular complexity index is 704. The molecule has 2 aliphatic rings. The summed E-state index contributed by atoms with van der Waals surface area (Å²) in [5.74, 6) is -0.233. The second kappa shape index (κ2) is 10.7. The van der Waals surface area contributed by atoms with Crippen LogP contribution in [0.4, 0.5) is 5.69 Å². The van der Waals surface area contributed by atoms with Gasteiger partial charge in [0.2, 0.25) is 12.3 Å². The first kappa shape index (κ1) is 23.3. The summed E-state index contributed by atoms with van der Waals surface area (Å²) >= 11 is 1.34. The van der Waals surface area contributed by atoms with E-state index in [2.05, 4.69) is 10.1 Å². The van der Waals surface area contributed by atoms with Crippen LogP contribution in [0.5, 0.6) is 0 Å². The molecule has 1 aliphatic carbocycles. The van der Waals surface area contributed by atoms with Crippen LogP contribution in [-0.4, -0.2) is 56.1 Å². The fourth-order valence-electron chi connectivity index (χ4n) is 3.48. The van der Waals surface area contributed by atoms with Gasteiger partial charge in [0, 0.05) is 17.5 Å². The number of carbonyl (C=O) groups is 3. The van der Waals surface area contributed by atoms with Gasteiger partial charge in [-0.05, 0) is 24.3 Å². The highest BCUT2D eigenvalue weighted by Gasteiger charge is 2.27. The lowest BCUT2D eigenvalue weighted by molar-refractivity contribution is -0.146. The quantitative estimate of drug-likeness (QED) is 0.590. The minimum absolute atomic E-state index is 0.0593. The van der Waals surface area contributed by atoms with E-state index < -0.39 is 5.97 Å². The number of methoxy groups -OCH3 is 1. The number of thiophene rings is 1. The smallest absolute Gasteiger partial charge is 0.350 e. The fraction of sp³-hybridized carbons (Fsp3) is 0.667. The third-order valence-electron chi connectivity index (χ3n) is 5.09. The minimum Gasteiger partial charge on any atom is -0.465 e. The van der Waals surface area contributed by atoms with E-state index in [0.717, 1.165) is 18.0 Å². The maximum Gasteiger partial charge on any atom is 0.350 e. The predicted molar refractivity (Wildman–Crippen MR) is 113 cm³/mol. The number of carbonyl (C=O) groups excluding carboxylic acids is 3. The number of hydrogen-bond donors (Lipinski definition) is 1. The van der Waals surface area contributed by atoms with Gasteiger partial charge in [0.25, 0.3) is 0 Å². The van der Waals surface area contributed by atoms with Crippen LogP contribution in [0.15, 0.2) is 6.07 Å². The molecule has 0 spiro atoms. The molecular weight excluding hydrogens is 392 g/mol. The van der Waals surface area contributed by atoms with E-state index in [1.54, 1.807) is 0 Å². The molecule has 1 N–H and O–H groups in total. The molecule has 8 heteroatoms. The summed E-state index contributed by atoms with van der Waals surface area (Å²) in [6.45, 7) is 7.97. The van der Waals surface area contributed by atoms with Crippen LogP contribution in [0, 0.1) is 0 Å². The standard InChI is InChI=1S/C11H15NO3S.C10H17NO2/c1-11(2,3)8-5-7(12-6-13)9(16-8)10(14)15-4;12-10-8-13-7-6-11(10)9-4-2-1-3-5-9/h5-6H,1-4H3,(H,12,13);9H,1-8H2. The molecule has 2 amide bonds. The molecule has 1 aromatic heterocycles. The van der Waals surface area contributed by atoms with Crippen molar-refractivity contribution in [2.75, 3.05) is 32.2 Å². The number of esters is 1. The van der Waals surface area contributed by atoms with Gasteiger partial charge in [-0.15, -0.1) is 11.3 Å². The highest BCUT2D eigenvalue weighted by molar-refractivity contribution is 7.14. The Hall–Kier alpha value is -1.93. The van der Waals surface area contributed by atoms with Gasteiger partial charge < -0.3 is 19.7 Å². The lowest BCUT2D eigenvalue weighted by Gasteiger charge is -2.36. The van der Waals surface area contributed by atoms with Gasteiger partial charge in [-0.2, -0.15) is 0 Å². The summed E-state index contributed by atoms with van der Waals surface area (Å²) in [6.07, 6.45) is 6.87. The van der Waals surface area contributed by atoms with Crippen molar-refractivity contribution in [1.82, 2.24) is 4.90 Å². The van der Waals surface area contributed by atoms with Gasteiger partial charge in [-0.3, -0.25) is 9.59 Å². The molecule has 0 unspecified atom stereocenters. The molecule has 29 heavy (non-hydrogen) atoms. The second-order valence-electron chi connectivity index (χ2n) is 8.29. The van der Waals surface area contributed by atoms with Crippen molar-refractivity contribution in [2.24, 2.45) is 0 Å². The van der Waals surface area contributed by atoms with E-state index in [-0.39, 0.29) is 11.3 Å². The molecule has 162 valence electrons. The average Bonchev–Trinajstić information content (AvgIpc) is 3.14. The van der Waals surface area contributed by atoms with Gasteiger partial charge in [-0.1, -0.05) is 40.0 Å². The molecule has 1 aromatic rings. The van der Waals surface area contributed by atoms with Crippen LogP contribution in [-0.2, 0) is 24.5 Å². The van der Waals surface area contributed by atoms with E-state index in [1.807, 2.05) is 31.7 Å². The predicted octanol–water partition coefficient (Wildman–Crippen LogP) is 3.58. The zero-order chi connectivity index (χ0) is 21.4. The van der Waals surface area contributed by atoms with Crippen LogP contribution in [0.2, 0.25) is 0 Å². The van der Waals surface area contributed by atoms with Gasteiger partial charge >= 0.3 is 5.97 Å².